The van der Waals surface area contributed by atoms with Crippen molar-refractivity contribution in [3.63, 3.8) is 0 Å². The number of aromatic nitrogens is 4. The fraction of sp³-hybridized carbons (Fsp3) is 0.476. The minimum Gasteiger partial charge on any atom is -0.355 e. The molecule has 1 saturated heterocycles. The van der Waals surface area contributed by atoms with E-state index in [2.05, 4.69) is 72.3 Å². The van der Waals surface area contributed by atoms with E-state index in [4.69, 9.17) is 5.10 Å². The molecular formula is C21H27N5. The van der Waals surface area contributed by atoms with E-state index in [1.54, 1.807) is 0 Å². The van der Waals surface area contributed by atoms with Gasteiger partial charge in [0.25, 0.3) is 0 Å². The number of hydrogen-bond donors (Lipinski definition) is 0. The molecular weight excluding hydrogens is 322 g/mol. The van der Waals surface area contributed by atoms with E-state index < -0.39 is 0 Å². The Kier molecular flexibility index (Phi) is 4.39. The Bertz CT molecular complexity index is 870. The zero-order valence-electron chi connectivity index (χ0n) is 15.9. The van der Waals surface area contributed by atoms with Gasteiger partial charge in [0.15, 0.2) is 11.5 Å². The molecule has 4 rings (SSSR count). The summed E-state index contributed by atoms with van der Waals surface area (Å²) in [6.07, 6.45) is 3.60. The monoisotopic (exact) mass is 349 g/mol. The first-order chi connectivity index (χ1) is 12.5. The predicted molar refractivity (Wildman–Crippen MR) is 105 cm³/mol. The molecule has 0 unspecified atom stereocenters. The molecule has 136 valence electrons. The van der Waals surface area contributed by atoms with Crippen LogP contribution in [0.25, 0.3) is 5.65 Å². The van der Waals surface area contributed by atoms with Crippen LogP contribution in [0.4, 0.5) is 5.82 Å². The molecule has 5 heteroatoms. The van der Waals surface area contributed by atoms with E-state index in [0.717, 1.165) is 36.3 Å². The summed E-state index contributed by atoms with van der Waals surface area (Å²) in [4.78, 5) is 2.40. The Morgan fingerprint density at radius 1 is 0.962 bits per heavy atom. The number of rotatable bonds is 3. The molecule has 3 heterocycles. The second kappa shape index (κ2) is 6.71. The number of anilines is 1. The molecule has 0 atom stereocenters. The Labute approximate surface area is 155 Å². The average molecular weight is 349 g/mol. The van der Waals surface area contributed by atoms with Gasteiger partial charge in [-0.2, -0.15) is 4.52 Å². The van der Waals surface area contributed by atoms with Crippen molar-refractivity contribution >= 4 is 11.5 Å². The normalized spacial score (nSPS) is 16.3. The summed E-state index contributed by atoms with van der Waals surface area (Å²) < 4.78 is 1.91. The molecule has 1 aromatic carbocycles. The average Bonchev–Trinajstić information content (AvgIpc) is 3.07. The van der Waals surface area contributed by atoms with E-state index in [1.165, 1.54) is 24.8 Å². The van der Waals surface area contributed by atoms with Crippen LogP contribution in [-0.2, 0) is 11.8 Å². The Balaban J connectivity index is 1.47. The van der Waals surface area contributed by atoms with Gasteiger partial charge in [0, 0.05) is 18.5 Å². The second-order valence-electron chi connectivity index (χ2n) is 8.36. The van der Waals surface area contributed by atoms with Gasteiger partial charge in [-0.15, -0.1) is 15.3 Å². The first kappa shape index (κ1) is 17.0. The molecule has 1 aliphatic rings. The Morgan fingerprint density at radius 2 is 1.69 bits per heavy atom. The topological polar surface area (TPSA) is 46.3 Å². The predicted octanol–water partition coefficient (Wildman–Crippen LogP) is 3.88. The zero-order valence-corrected chi connectivity index (χ0v) is 15.9. The smallest absolute Gasteiger partial charge is 0.178 e. The summed E-state index contributed by atoms with van der Waals surface area (Å²) in [7, 11) is 0. The molecule has 2 aromatic heterocycles. The van der Waals surface area contributed by atoms with E-state index in [0.29, 0.717) is 0 Å². The van der Waals surface area contributed by atoms with Crippen LogP contribution in [0.3, 0.4) is 0 Å². The minimum atomic E-state index is -0.0757. The van der Waals surface area contributed by atoms with Gasteiger partial charge < -0.3 is 4.90 Å². The maximum Gasteiger partial charge on any atom is 0.178 e. The van der Waals surface area contributed by atoms with Crippen LogP contribution < -0.4 is 4.90 Å². The highest BCUT2D eigenvalue weighted by molar-refractivity contribution is 5.46. The van der Waals surface area contributed by atoms with Gasteiger partial charge in [0.2, 0.25) is 0 Å². The van der Waals surface area contributed by atoms with Gasteiger partial charge in [-0.25, -0.2) is 0 Å². The first-order valence-electron chi connectivity index (χ1n) is 9.52. The summed E-state index contributed by atoms with van der Waals surface area (Å²) in [5.41, 5.74) is 2.19. The molecule has 26 heavy (non-hydrogen) atoms. The molecule has 0 spiro atoms. The highest BCUT2D eigenvalue weighted by Crippen LogP contribution is 2.26. The summed E-state index contributed by atoms with van der Waals surface area (Å²) >= 11 is 0. The fourth-order valence-electron chi connectivity index (χ4n) is 3.73. The maximum absolute atomic E-state index is 4.85. The molecule has 5 nitrogen and oxygen atoms in total. The van der Waals surface area contributed by atoms with Gasteiger partial charge in [-0.05, 0) is 42.9 Å². The van der Waals surface area contributed by atoms with Crippen LogP contribution >= 0.6 is 0 Å². The molecule has 1 aliphatic heterocycles. The molecule has 1 fully saturated rings. The molecule has 0 N–H and O–H groups in total. The van der Waals surface area contributed by atoms with Crippen LogP contribution in [0.2, 0.25) is 0 Å². The van der Waals surface area contributed by atoms with E-state index >= 15 is 0 Å². The molecule has 0 bridgehead atoms. The van der Waals surface area contributed by atoms with Crippen molar-refractivity contribution in [1.29, 1.82) is 0 Å². The third kappa shape index (κ3) is 3.43. The highest BCUT2D eigenvalue weighted by atomic mass is 15.4. The van der Waals surface area contributed by atoms with Crippen molar-refractivity contribution in [2.24, 2.45) is 5.92 Å². The molecule has 3 aromatic rings. The second-order valence-corrected chi connectivity index (χ2v) is 8.36. The lowest BCUT2D eigenvalue weighted by atomic mass is 9.90. The van der Waals surface area contributed by atoms with Crippen molar-refractivity contribution in [3.05, 3.63) is 53.9 Å². The maximum atomic E-state index is 4.85. The lowest BCUT2D eigenvalue weighted by Crippen LogP contribution is -2.35. The lowest BCUT2D eigenvalue weighted by Gasteiger charge is -2.32. The van der Waals surface area contributed by atoms with Crippen LogP contribution in [0.15, 0.2) is 42.5 Å². The quantitative estimate of drug-likeness (QED) is 0.720. The number of nitrogens with zero attached hydrogens (tertiary/aromatic N) is 5. The number of fused-ring (bicyclic) bond motifs is 1. The van der Waals surface area contributed by atoms with Crippen molar-refractivity contribution in [1.82, 2.24) is 19.8 Å². The molecule has 0 saturated carbocycles. The van der Waals surface area contributed by atoms with Crippen LogP contribution in [0.1, 0.15) is 45.0 Å². The van der Waals surface area contributed by atoms with Crippen molar-refractivity contribution in [2.45, 2.75) is 45.4 Å². The van der Waals surface area contributed by atoms with Crippen LogP contribution in [0, 0.1) is 5.92 Å². The van der Waals surface area contributed by atoms with E-state index in [-0.39, 0.29) is 5.41 Å². The third-order valence-corrected chi connectivity index (χ3v) is 5.23. The molecule has 0 radical (unpaired) electrons. The standard InChI is InChI=1S/C21H27N5/c1-21(2,3)20-23-22-18-9-10-19(24-26(18)20)25-13-11-17(12-14-25)15-16-7-5-4-6-8-16/h4-10,17H,11-15H2,1-3H3. The fourth-order valence-corrected chi connectivity index (χ4v) is 3.73. The van der Waals surface area contributed by atoms with Crippen molar-refractivity contribution in [3.8, 4) is 0 Å². The number of benzene rings is 1. The highest BCUT2D eigenvalue weighted by Gasteiger charge is 2.24. The minimum absolute atomic E-state index is 0.0757. The Hall–Kier alpha value is -2.43. The van der Waals surface area contributed by atoms with E-state index in [1.807, 2.05) is 10.6 Å². The largest absolute Gasteiger partial charge is 0.355 e. The summed E-state index contributed by atoms with van der Waals surface area (Å²) in [6, 6.07) is 14.9. The van der Waals surface area contributed by atoms with Crippen LogP contribution in [-0.4, -0.2) is 32.9 Å². The van der Waals surface area contributed by atoms with Gasteiger partial charge in [-0.1, -0.05) is 51.1 Å². The van der Waals surface area contributed by atoms with Gasteiger partial charge in [0.1, 0.15) is 5.82 Å². The summed E-state index contributed by atoms with van der Waals surface area (Å²) in [6.45, 7) is 8.55. The molecule has 0 aliphatic carbocycles. The van der Waals surface area contributed by atoms with Crippen molar-refractivity contribution in [2.75, 3.05) is 18.0 Å². The summed E-state index contributed by atoms with van der Waals surface area (Å²) in [5, 5.41) is 13.5. The van der Waals surface area contributed by atoms with E-state index in [9.17, 15) is 0 Å². The number of piperidine rings is 1. The van der Waals surface area contributed by atoms with Crippen LogP contribution in [0.5, 0.6) is 0 Å². The SMILES string of the molecule is CC(C)(C)c1nnc2ccc(N3CCC(Cc4ccccc4)CC3)nn12. The molecule has 0 amide bonds. The van der Waals surface area contributed by atoms with Gasteiger partial charge in [-0.3, -0.25) is 0 Å². The number of hydrogen-bond acceptors (Lipinski definition) is 4. The lowest BCUT2D eigenvalue weighted by molar-refractivity contribution is 0.401. The first-order valence-corrected chi connectivity index (χ1v) is 9.52. The summed E-state index contributed by atoms with van der Waals surface area (Å²) in [5.74, 6) is 2.70. The Morgan fingerprint density at radius 3 is 2.38 bits per heavy atom. The zero-order chi connectivity index (χ0) is 18.1. The van der Waals surface area contributed by atoms with Gasteiger partial charge >= 0.3 is 0 Å². The third-order valence-electron chi connectivity index (χ3n) is 5.23. The van der Waals surface area contributed by atoms with Gasteiger partial charge in [0.05, 0.1) is 0 Å². The van der Waals surface area contributed by atoms with Crippen molar-refractivity contribution < 1.29 is 0 Å².